The third kappa shape index (κ3) is 60.5. The second kappa shape index (κ2) is 63.0. The topological polar surface area (TPSA) is 158 Å². The van der Waals surface area contributed by atoms with Crippen molar-refractivity contribution in [3.63, 3.8) is 0 Å². The zero-order valence-corrected chi connectivity index (χ0v) is 51.8. The highest BCUT2D eigenvalue weighted by atomic mass is 16.6. The zero-order valence-electron chi connectivity index (χ0n) is 51.8. The van der Waals surface area contributed by atoms with Gasteiger partial charge < -0.3 is 28.4 Å². The first-order valence-electron chi connectivity index (χ1n) is 33.1. The molecule has 460 valence electrons. The first-order chi connectivity index (χ1) is 38.1. The SMILES string of the molecule is CCCCCCCC(=O)OCC(COC(=O)CCCCCCC)OC(=O)CCCCCCC.CCCCCCCCCCCC(=O)OCC(COC(=O)CCCCCCCCCCC)OC(=O)CCCCCCCCCCC. The summed E-state index contributed by atoms with van der Waals surface area (Å²) in [6.45, 7) is 12.9. The maximum absolute atomic E-state index is 12.6. The van der Waals surface area contributed by atoms with E-state index in [4.69, 9.17) is 28.4 Å². The molecule has 0 aliphatic carbocycles. The molecule has 0 saturated carbocycles. The zero-order chi connectivity index (χ0) is 57.6. The van der Waals surface area contributed by atoms with Crippen molar-refractivity contribution in [1.82, 2.24) is 0 Å². The van der Waals surface area contributed by atoms with E-state index in [-0.39, 0.29) is 62.2 Å². The minimum atomic E-state index is -0.754. The second-order valence-electron chi connectivity index (χ2n) is 22.2. The Bertz CT molecular complexity index is 1290. The van der Waals surface area contributed by atoms with E-state index in [0.717, 1.165) is 135 Å². The van der Waals surface area contributed by atoms with Crippen LogP contribution >= 0.6 is 0 Å². The predicted molar refractivity (Wildman–Crippen MR) is 319 cm³/mol. The lowest BCUT2D eigenvalue weighted by atomic mass is 10.1. The highest BCUT2D eigenvalue weighted by Crippen LogP contribution is 2.16. The van der Waals surface area contributed by atoms with E-state index in [2.05, 4.69) is 41.5 Å². The molecule has 0 aromatic rings. The van der Waals surface area contributed by atoms with Crippen LogP contribution in [0.25, 0.3) is 0 Å². The lowest BCUT2D eigenvalue weighted by Crippen LogP contribution is -2.30. The largest absolute Gasteiger partial charge is 0.462 e. The Morgan fingerprint density at radius 3 is 0.513 bits per heavy atom. The standard InChI is InChI=1S/C39H74O6.C27H50O6/c1-4-7-10-13-16-19-22-25-28-31-37(40)43-34-36(45-39(42)33-30-27-24-21-18-15-12-9-6-3)35-44-38(41)32-29-26-23-20-17-14-11-8-5-2;1-4-7-10-13-16-19-25(28)31-22-24(33-27(30)21-18-15-12-9-6-3)23-32-26(29)20-17-14-11-8-5-2/h36H,4-35H2,1-3H3;24H,4-23H2,1-3H3. The maximum Gasteiger partial charge on any atom is 0.306 e. The van der Waals surface area contributed by atoms with E-state index in [1.54, 1.807) is 0 Å². The molecule has 0 N–H and O–H groups in total. The van der Waals surface area contributed by atoms with Crippen molar-refractivity contribution in [3.8, 4) is 0 Å². The van der Waals surface area contributed by atoms with E-state index >= 15 is 0 Å². The van der Waals surface area contributed by atoms with Crippen LogP contribution < -0.4 is 0 Å². The molecule has 0 amide bonds. The van der Waals surface area contributed by atoms with Gasteiger partial charge in [-0.1, -0.05) is 273 Å². The fourth-order valence-corrected chi connectivity index (χ4v) is 9.11. The Balaban J connectivity index is 0. The highest BCUT2D eigenvalue weighted by Gasteiger charge is 2.21. The molecule has 0 aliphatic rings. The van der Waals surface area contributed by atoms with E-state index in [0.29, 0.717) is 38.5 Å². The van der Waals surface area contributed by atoms with Gasteiger partial charge in [-0.05, 0) is 38.5 Å². The van der Waals surface area contributed by atoms with E-state index in [9.17, 15) is 28.8 Å². The van der Waals surface area contributed by atoms with Crippen molar-refractivity contribution >= 4 is 35.8 Å². The lowest BCUT2D eigenvalue weighted by molar-refractivity contribution is -0.167. The Labute approximate surface area is 479 Å². The molecule has 0 fully saturated rings. The minimum Gasteiger partial charge on any atom is -0.462 e. The molecule has 0 rings (SSSR count). The van der Waals surface area contributed by atoms with Crippen molar-refractivity contribution < 1.29 is 57.2 Å². The molecule has 12 heteroatoms. The van der Waals surface area contributed by atoms with Crippen molar-refractivity contribution in [2.75, 3.05) is 26.4 Å². The van der Waals surface area contributed by atoms with Crippen LogP contribution in [0.5, 0.6) is 0 Å². The Hall–Kier alpha value is -3.18. The molecule has 0 aromatic carbocycles. The summed E-state index contributed by atoms with van der Waals surface area (Å²) in [5, 5.41) is 0. The van der Waals surface area contributed by atoms with Crippen LogP contribution in [-0.4, -0.2) is 74.5 Å². The molecule has 0 saturated heterocycles. The van der Waals surface area contributed by atoms with Crippen LogP contribution in [0.15, 0.2) is 0 Å². The van der Waals surface area contributed by atoms with Gasteiger partial charge in [0.15, 0.2) is 12.2 Å². The van der Waals surface area contributed by atoms with Gasteiger partial charge >= 0.3 is 35.8 Å². The first kappa shape index (κ1) is 76.9. The van der Waals surface area contributed by atoms with Crippen LogP contribution in [0.3, 0.4) is 0 Å². The number of carbonyl (C=O) groups excluding carboxylic acids is 6. The van der Waals surface area contributed by atoms with Crippen molar-refractivity contribution in [2.24, 2.45) is 0 Å². The summed E-state index contributed by atoms with van der Waals surface area (Å²) < 4.78 is 32.7. The summed E-state index contributed by atoms with van der Waals surface area (Å²) in [5.41, 5.74) is 0. The number of carbonyl (C=O) groups is 6. The number of esters is 6. The molecule has 0 heterocycles. The Morgan fingerprint density at radius 2 is 0.346 bits per heavy atom. The van der Waals surface area contributed by atoms with Crippen LogP contribution in [0.4, 0.5) is 0 Å². The molecule has 0 radical (unpaired) electrons. The monoisotopic (exact) mass is 1110 g/mol. The summed E-state index contributed by atoms with van der Waals surface area (Å²) >= 11 is 0. The normalized spacial score (nSPS) is 11.1. The quantitative estimate of drug-likeness (QED) is 0.0323. The number of hydrogen-bond donors (Lipinski definition) is 0. The van der Waals surface area contributed by atoms with Gasteiger partial charge in [-0.25, -0.2) is 0 Å². The molecule has 12 nitrogen and oxygen atoms in total. The molecule has 78 heavy (non-hydrogen) atoms. The molecule has 0 aliphatic heterocycles. The second-order valence-corrected chi connectivity index (χ2v) is 22.2. The van der Waals surface area contributed by atoms with Gasteiger partial charge in [-0.2, -0.15) is 0 Å². The van der Waals surface area contributed by atoms with Gasteiger partial charge in [0.05, 0.1) is 0 Å². The highest BCUT2D eigenvalue weighted by molar-refractivity contribution is 5.72. The van der Waals surface area contributed by atoms with Crippen LogP contribution in [0.2, 0.25) is 0 Å². The van der Waals surface area contributed by atoms with Gasteiger partial charge in [-0.15, -0.1) is 0 Å². The third-order valence-corrected chi connectivity index (χ3v) is 14.2. The maximum atomic E-state index is 12.6. The van der Waals surface area contributed by atoms with E-state index < -0.39 is 12.2 Å². The van der Waals surface area contributed by atoms with E-state index in [1.165, 1.54) is 135 Å². The first-order valence-corrected chi connectivity index (χ1v) is 33.1. The Kier molecular flexibility index (Phi) is 62.1. The average molecular weight is 1110 g/mol. The van der Waals surface area contributed by atoms with Crippen molar-refractivity contribution in [3.05, 3.63) is 0 Å². The molecule has 0 unspecified atom stereocenters. The van der Waals surface area contributed by atoms with Gasteiger partial charge in [0.1, 0.15) is 26.4 Å². The summed E-state index contributed by atoms with van der Waals surface area (Å²) in [7, 11) is 0. The molecule has 0 spiro atoms. The third-order valence-electron chi connectivity index (χ3n) is 14.2. The van der Waals surface area contributed by atoms with Crippen LogP contribution in [0.1, 0.15) is 350 Å². The number of hydrogen-bond acceptors (Lipinski definition) is 12. The number of ether oxygens (including phenoxy) is 6. The van der Waals surface area contributed by atoms with E-state index in [1.807, 2.05) is 0 Å². The molecule has 0 bridgehead atoms. The summed E-state index contributed by atoms with van der Waals surface area (Å²) in [6, 6.07) is 0. The van der Waals surface area contributed by atoms with Crippen molar-refractivity contribution in [2.45, 2.75) is 362 Å². The van der Waals surface area contributed by atoms with Gasteiger partial charge in [0.2, 0.25) is 0 Å². The molecule has 0 atom stereocenters. The molecular weight excluding hydrogens is 985 g/mol. The smallest absolute Gasteiger partial charge is 0.306 e. The molecule has 0 aromatic heterocycles. The van der Waals surface area contributed by atoms with Crippen molar-refractivity contribution in [1.29, 1.82) is 0 Å². The van der Waals surface area contributed by atoms with Crippen LogP contribution in [0, 0.1) is 0 Å². The average Bonchev–Trinajstić information content (AvgIpc) is 3.43. The lowest BCUT2D eigenvalue weighted by Gasteiger charge is -2.18. The molecular formula is C66H124O12. The summed E-state index contributed by atoms with van der Waals surface area (Å²) in [4.78, 5) is 73.6. The van der Waals surface area contributed by atoms with Gasteiger partial charge in [0, 0.05) is 38.5 Å². The van der Waals surface area contributed by atoms with Crippen LogP contribution in [-0.2, 0) is 57.2 Å². The van der Waals surface area contributed by atoms with Gasteiger partial charge in [-0.3, -0.25) is 28.8 Å². The fraction of sp³-hybridized carbons (Fsp3) is 0.909. The predicted octanol–water partition coefficient (Wildman–Crippen LogP) is 18.8. The van der Waals surface area contributed by atoms with Gasteiger partial charge in [0.25, 0.3) is 0 Å². The Morgan fingerprint density at radius 1 is 0.205 bits per heavy atom. The number of rotatable bonds is 58. The summed E-state index contributed by atoms with van der Waals surface area (Å²) in [6.07, 6.45) is 48.3. The summed E-state index contributed by atoms with van der Waals surface area (Å²) in [5.74, 6) is -1.79. The number of unbranched alkanes of at least 4 members (excludes halogenated alkanes) is 36. The minimum absolute atomic E-state index is 0.0644. The fourth-order valence-electron chi connectivity index (χ4n) is 9.11.